The highest BCUT2D eigenvalue weighted by Crippen LogP contribution is 2.23. The number of carbonyl (C=O) groups excluding carboxylic acids is 1. The van der Waals surface area contributed by atoms with Gasteiger partial charge in [-0.1, -0.05) is 18.2 Å². The van der Waals surface area contributed by atoms with E-state index in [9.17, 15) is 4.79 Å². The standard InChI is InChI=1S/C19H19N3O4/c1-24-17-10-20-11-18(21-17)25-14-6-4-8-22(12-14)19(23)16-9-13-5-2-3-7-15(13)26-16/h2-3,5,7,9-11,14H,4,6,8,12H2,1H3/t14-/m0/s1. The Bertz CT molecular complexity index is 891. The molecule has 0 unspecified atom stereocenters. The number of para-hydroxylation sites is 1. The predicted octanol–water partition coefficient (Wildman–Crippen LogP) is 2.92. The Balaban J connectivity index is 1.46. The van der Waals surface area contributed by atoms with E-state index in [0.29, 0.717) is 36.2 Å². The molecular weight excluding hydrogens is 334 g/mol. The minimum atomic E-state index is -0.140. The summed E-state index contributed by atoms with van der Waals surface area (Å²) in [6, 6.07) is 9.39. The van der Waals surface area contributed by atoms with E-state index in [4.69, 9.17) is 13.9 Å². The van der Waals surface area contributed by atoms with Gasteiger partial charge in [0.15, 0.2) is 5.76 Å². The first-order chi connectivity index (χ1) is 12.7. The van der Waals surface area contributed by atoms with E-state index in [1.807, 2.05) is 24.3 Å². The number of methoxy groups -OCH3 is 1. The number of hydrogen-bond donors (Lipinski definition) is 0. The minimum Gasteiger partial charge on any atom is -0.480 e. The second kappa shape index (κ2) is 7.03. The van der Waals surface area contributed by atoms with Crippen molar-refractivity contribution in [1.82, 2.24) is 14.9 Å². The Labute approximate surface area is 150 Å². The molecule has 1 aliphatic heterocycles. The van der Waals surface area contributed by atoms with Gasteiger partial charge in [0.1, 0.15) is 11.7 Å². The number of fused-ring (bicyclic) bond motifs is 1. The van der Waals surface area contributed by atoms with Gasteiger partial charge in [0.05, 0.1) is 26.0 Å². The van der Waals surface area contributed by atoms with Gasteiger partial charge >= 0.3 is 0 Å². The number of amides is 1. The van der Waals surface area contributed by atoms with Crippen LogP contribution >= 0.6 is 0 Å². The highest BCUT2D eigenvalue weighted by Gasteiger charge is 2.28. The van der Waals surface area contributed by atoms with Crippen LogP contribution in [0, 0.1) is 0 Å². The predicted molar refractivity (Wildman–Crippen MR) is 94.4 cm³/mol. The van der Waals surface area contributed by atoms with Crippen LogP contribution in [0.2, 0.25) is 0 Å². The molecule has 0 bridgehead atoms. The molecule has 1 atom stereocenters. The van der Waals surface area contributed by atoms with Crippen LogP contribution in [0.25, 0.3) is 11.0 Å². The summed E-state index contributed by atoms with van der Waals surface area (Å²) in [5.74, 6) is 1.03. The molecule has 4 rings (SSSR count). The molecule has 3 aromatic rings. The minimum absolute atomic E-state index is 0.119. The lowest BCUT2D eigenvalue weighted by Crippen LogP contribution is -2.44. The fourth-order valence-corrected chi connectivity index (χ4v) is 3.12. The molecule has 1 aliphatic rings. The maximum atomic E-state index is 12.8. The third kappa shape index (κ3) is 3.33. The van der Waals surface area contributed by atoms with Gasteiger partial charge in [-0.15, -0.1) is 0 Å². The molecule has 3 heterocycles. The van der Waals surface area contributed by atoms with E-state index >= 15 is 0 Å². The molecule has 0 spiro atoms. The van der Waals surface area contributed by atoms with E-state index in [-0.39, 0.29) is 12.0 Å². The number of furan rings is 1. The number of aromatic nitrogens is 2. The van der Waals surface area contributed by atoms with Crippen LogP contribution in [-0.2, 0) is 0 Å². The van der Waals surface area contributed by atoms with Gasteiger partial charge in [-0.25, -0.2) is 0 Å². The van der Waals surface area contributed by atoms with Crippen molar-refractivity contribution >= 4 is 16.9 Å². The monoisotopic (exact) mass is 353 g/mol. The first-order valence-electron chi connectivity index (χ1n) is 8.53. The molecule has 134 valence electrons. The quantitative estimate of drug-likeness (QED) is 0.718. The van der Waals surface area contributed by atoms with E-state index in [2.05, 4.69) is 9.97 Å². The summed E-state index contributed by atoms with van der Waals surface area (Å²) in [4.78, 5) is 22.8. The van der Waals surface area contributed by atoms with Gasteiger partial charge in [-0.3, -0.25) is 9.78 Å². The average Bonchev–Trinajstić information content (AvgIpc) is 3.12. The Kier molecular flexibility index (Phi) is 4.43. The summed E-state index contributed by atoms with van der Waals surface area (Å²) in [5, 5.41) is 0.923. The molecule has 7 nitrogen and oxygen atoms in total. The van der Waals surface area contributed by atoms with E-state index < -0.39 is 0 Å². The van der Waals surface area contributed by atoms with Gasteiger partial charge in [-0.2, -0.15) is 4.98 Å². The topological polar surface area (TPSA) is 77.7 Å². The summed E-state index contributed by atoms with van der Waals surface area (Å²) < 4.78 is 16.7. The fourth-order valence-electron chi connectivity index (χ4n) is 3.12. The molecule has 7 heteroatoms. The van der Waals surface area contributed by atoms with Crippen LogP contribution in [0.3, 0.4) is 0 Å². The van der Waals surface area contributed by atoms with Gasteiger partial charge in [-0.05, 0) is 25.0 Å². The maximum absolute atomic E-state index is 12.8. The molecule has 26 heavy (non-hydrogen) atoms. The number of benzene rings is 1. The van der Waals surface area contributed by atoms with Gasteiger partial charge < -0.3 is 18.8 Å². The Morgan fingerprint density at radius 1 is 1.27 bits per heavy atom. The molecule has 0 N–H and O–H groups in total. The summed E-state index contributed by atoms with van der Waals surface area (Å²) in [6.07, 6.45) is 4.63. The van der Waals surface area contributed by atoms with E-state index in [0.717, 1.165) is 18.2 Å². The normalized spacial score (nSPS) is 17.3. The Morgan fingerprint density at radius 3 is 2.96 bits per heavy atom. The summed E-state index contributed by atoms with van der Waals surface area (Å²) in [5.41, 5.74) is 0.715. The average molecular weight is 353 g/mol. The number of rotatable bonds is 4. The Hall–Kier alpha value is -3.09. The molecule has 0 saturated carbocycles. The van der Waals surface area contributed by atoms with E-state index in [1.165, 1.54) is 13.3 Å². The lowest BCUT2D eigenvalue weighted by atomic mass is 10.1. The molecule has 1 aromatic carbocycles. The molecule has 0 radical (unpaired) electrons. The smallest absolute Gasteiger partial charge is 0.289 e. The van der Waals surface area contributed by atoms with Crippen LogP contribution in [0.4, 0.5) is 0 Å². The number of carbonyl (C=O) groups is 1. The summed E-state index contributed by atoms with van der Waals surface area (Å²) in [7, 11) is 1.53. The first-order valence-corrected chi connectivity index (χ1v) is 8.53. The van der Waals surface area contributed by atoms with Gasteiger partial charge in [0.25, 0.3) is 5.91 Å². The molecule has 0 aliphatic carbocycles. The van der Waals surface area contributed by atoms with Crippen molar-refractivity contribution in [3.05, 3.63) is 48.5 Å². The second-order valence-corrected chi connectivity index (χ2v) is 6.18. The zero-order chi connectivity index (χ0) is 17.9. The van der Waals surface area contributed by atoms with Crippen molar-refractivity contribution in [3.63, 3.8) is 0 Å². The number of piperidine rings is 1. The number of nitrogens with zero attached hydrogens (tertiary/aromatic N) is 3. The highest BCUT2D eigenvalue weighted by atomic mass is 16.5. The molecule has 1 saturated heterocycles. The maximum Gasteiger partial charge on any atom is 0.289 e. The van der Waals surface area contributed by atoms with Crippen LogP contribution < -0.4 is 9.47 Å². The van der Waals surface area contributed by atoms with Crippen LogP contribution in [0.1, 0.15) is 23.4 Å². The zero-order valence-electron chi connectivity index (χ0n) is 14.4. The number of hydrogen-bond acceptors (Lipinski definition) is 6. The van der Waals surface area contributed by atoms with Gasteiger partial charge in [0.2, 0.25) is 11.8 Å². The molecule has 2 aromatic heterocycles. The third-order valence-corrected chi connectivity index (χ3v) is 4.39. The van der Waals surface area contributed by atoms with Crippen molar-refractivity contribution in [2.45, 2.75) is 18.9 Å². The number of likely N-dealkylation sites (tertiary alicyclic amines) is 1. The van der Waals surface area contributed by atoms with Crippen molar-refractivity contribution in [2.24, 2.45) is 0 Å². The largest absolute Gasteiger partial charge is 0.480 e. The molecular formula is C19H19N3O4. The summed E-state index contributed by atoms with van der Waals surface area (Å²) in [6.45, 7) is 1.16. The van der Waals surface area contributed by atoms with Crippen molar-refractivity contribution < 1.29 is 18.7 Å². The Morgan fingerprint density at radius 2 is 2.12 bits per heavy atom. The van der Waals surface area contributed by atoms with Crippen LogP contribution in [0.5, 0.6) is 11.8 Å². The third-order valence-electron chi connectivity index (χ3n) is 4.39. The first kappa shape index (κ1) is 16.4. The summed E-state index contributed by atoms with van der Waals surface area (Å²) >= 11 is 0. The van der Waals surface area contributed by atoms with Crippen molar-refractivity contribution in [1.29, 1.82) is 0 Å². The second-order valence-electron chi connectivity index (χ2n) is 6.18. The van der Waals surface area contributed by atoms with Crippen molar-refractivity contribution in [2.75, 3.05) is 20.2 Å². The van der Waals surface area contributed by atoms with Crippen LogP contribution in [0.15, 0.2) is 47.1 Å². The lowest BCUT2D eigenvalue weighted by Gasteiger charge is -2.32. The SMILES string of the molecule is COc1cncc(O[C@H]2CCCN(C(=O)c3cc4ccccc4o3)C2)n1. The molecule has 1 amide bonds. The zero-order valence-corrected chi connectivity index (χ0v) is 14.4. The number of ether oxygens (including phenoxy) is 2. The lowest BCUT2D eigenvalue weighted by molar-refractivity contribution is 0.0500. The highest BCUT2D eigenvalue weighted by molar-refractivity contribution is 5.96. The van der Waals surface area contributed by atoms with Crippen molar-refractivity contribution in [3.8, 4) is 11.8 Å². The van der Waals surface area contributed by atoms with Gasteiger partial charge in [0, 0.05) is 11.9 Å². The molecule has 1 fully saturated rings. The van der Waals surface area contributed by atoms with Crippen LogP contribution in [-0.4, -0.2) is 47.1 Å². The van der Waals surface area contributed by atoms with E-state index in [1.54, 1.807) is 17.2 Å². The fraction of sp³-hybridized carbons (Fsp3) is 0.316.